The van der Waals surface area contributed by atoms with E-state index in [1.807, 2.05) is 74.5 Å². The summed E-state index contributed by atoms with van der Waals surface area (Å²) < 4.78 is 23.5. The fourth-order valence-corrected chi connectivity index (χ4v) is 4.52. The van der Waals surface area contributed by atoms with Crippen LogP contribution in [0.2, 0.25) is 0 Å². The topological polar surface area (TPSA) is 125 Å². The molecular formula is C34H42N4O6. The fraction of sp³-hybridized carbons (Fsp3) is 0.324. The first-order chi connectivity index (χ1) is 21.3. The molecule has 1 aliphatic rings. The van der Waals surface area contributed by atoms with Gasteiger partial charge in [-0.15, -0.1) is 0 Å². The molecule has 234 valence electrons. The lowest BCUT2D eigenvalue weighted by atomic mass is 10.1. The second kappa shape index (κ2) is 17.3. The number of methoxy groups -OCH3 is 2. The summed E-state index contributed by atoms with van der Waals surface area (Å²) in [7, 11) is 5.39. The van der Waals surface area contributed by atoms with Crippen molar-refractivity contribution in [3.05, 3.63) is 72.4 Å². The number of fused-ring (bicyclic) bond motifs is 1. The van der Waals surface area contributed by atoms with Gasteiger partial charge in [0.15, 0.2) is 11.5 Å². The molecule has 0 bridgehead atoms. The van der Waals surface area contributed by atoms with Crippen LogP contribution in [0.3, 0.4) is 0 Å². The molecule has 0 saturated carbocycles. The summed E-state index contributed by atoms with van der Waals surface area (Å²) >= 11 is 0. The van der Waals surface area contributed by atoms with Crippen LogP contribution in [0.15, 0.2) is 66.9 Å². The molecule has 2 heterocycles. The van der Waals surface area contributed by atoms with E-state index in [1.54, 1.807) is 20.4 Å². The molecule has 1 fully saturated rings. The first kappa shape index (κ1) is 33.7. The van der Waals surface area contributed by atoms with Gasteiger partial charge in [-0.05, 0) is 74.8 Å². The predicted molar refractivity (Wildman–Crippen MR) is 174 cm³/mol. The van der Waals surface area contributed by atoms with E-state index >= 15 is 0 Å². The molecule has 0 atom stereocenters. The summed E-state index contributed by atoms with van der Waals surface area (Å²) in [5.41, 5.74) is 7.88. The number of carbonyl (C=O) groups excluding carboxylic acids is 2. The first-order valence-electron chi connectivity index (χ1n) is 14.5. The first-order valence-corrected chi connectivity index (χ1v) is 14.5. The van der Waals surface area contributed by atoms with Gasteiger partial charge in [-0.3, -0.25) is 9.78 Å². The monoisotopic (exact) mass is 602 g/mol. The van der Waals surface area contributed by atoms with E-state index in [4.69, 9.17) is 23.7 Å². The second-order valence-corrected chi connectivity index (χ2v) is 10.1. The minimum atomic E-state index is 0.250. The highest BCUT2D eigenvalue weighted by molar-refractivity contribution is 5.88. The number of amides is 1. The molecule has 1 saturated heterocycles. The summed E-state index contributed by atoms with van der Waals surface area (Å²) in [5.74, 6) is 3.62. The number of carbonyl (C=O) groups is 2. The number of aldehydes is 1. The van der Waals surface area contributed by atoms with Gasteiger partial charge in [0.25, 0.3) is 0 Å². The number of piperidine rings is 1. The quantitative estimate of drug-likeness (QED) is 0.213. The lowest BCUT2D eigenvalue weighted by Gasteiger charge is -2.29. The number of anilines is 2. The Hall–Kier alpha value is -4.83. The van der Waals surface area contributed by atoms with Gasteiger partial charge in [-0.2, -0.15) is 0 Å². The zero-order chi connectivity index (χ0) is 31.9. The number of likely N-dealkylation sites (tertiary alicyclic amines) is 1. The minimum absolute atomic E-state index is 0.250. The lowest BCUT2D eigenvalue weighted by Crippen LogP contribution is -2.35. The van der Waals surface area contributed by atoms with Crippen molar-refractivity contribution < 1.29 is 28.5 Å². The number of aryl methyl sites for hydroxylation is 1. The Balaban J connectivity index is 0.000000688. The number of rotatable bonds is 9. The zero-order valence-corrected chi connectivity index (χ0v) is 26.0. The Morgan fingerprint density at radius 2 is 1.52 bits per heavy atom. The van der Waals surface area contributed by atoms with E-state index in [-0.39, 0.29) is 12.5 Å². The number of ether oxygens (including phenoxy) is 4. The predicted octanol–water partition coefficient (Wildman–Crippen LogP) is 6.27. The number of nitrogens with zero attached hydrogens (tertiary/aromatic N) is 2. The van der Waals surface area contributed by atoms with Gasteiger partial charge in [0.2, 0.25) is 6.41 Å². The number of aromatic nitrogens is 1. The number of hydrogen-bond donors (Lipinski definition) is 2. The number of primary amides is 1. The highest BCUT2D eigenvalue weighted by atomic mass is 16.5. The van der Waals surface area contributed by atoms with Crippen LogP contribution in [0.4, 0.5) is 11.4 Å². The molecule has 10 nitrogen and oxygen atoms in total. The maximum atomic E-state index is 9.17. The van der Waals surface area contributed by atoms with Crippen LogP contribution in [0.5, 0.6) is 28.7 Å². The smallest absolute Gasteiger partial charge is 0.204 e. The molecule has 5 rings (SSSR count). The molecule has 10 heteroatoms. The Kier molecular flexibility index (Phi) is 13.3. The largest absolute Gasteiger partial charge is 0.493 e. The minimum Gasteiger partial charge on any atom is -0.493 e. The van der Waals surface area contributed by atoms with Crippen LogP contribution in [0, 0.1) is 6.92 Å². The average Bonchev–Trinajstić information content (AvgIpc) is 3.04. The molecule has 0 unspecified atom stereocenters. The summed E-state index contributed by atoms with van der Waals surface area (Å²) in [6.45, 7) is 6.01. The van der Waals surface area contributed by atoms with Crippen LogP contribution in [-0.2, 0) is 9.59 Å². The highest BCUT2D eigenvalue weighted by Gasteiger charge is 2.18. The third-order valence-electron chi connectivity index (χ3n) is 6.89. The summed E-state index contributed by atoms with van der Waals surface area (Å²) in [6.07, 6.45) is 5.92. The van der Waals surface area contributed by atoms with E-state index in [0.29, 0.717) is 23.7 Å². The van der Waals surface area contributed by atoms with Crippen LogP contribution < -0.4 is 30.0 Å². The SMILES string of the molecule is CCC=O.COc1cc2nccc(Oc3cc(Nc4ccc(OC5CCN(C)CC5)cc4)ccc3C)c2cc1OC.NC=O. The highest BCUT2D eigenvalue weighted by Crippen LogP contribution is 2.38. The van der Waals surface area contributed by atoms with Gasteiger partial charge in [0.05, 0.1) is 19.7 Å². The normalized spacial score (nSPS) is 12.9. The van der Waals surface area contributed by atoms with Gasteiger partial charge < -0.3 is 39.7 Å². The van der Waals surface area contributed by atoms with Gasteiger partial charge in [0, 0.05) is 54.6 Å². The van der Waals surface area contributed by atoms with Crippen molar-refractivity contribution in [3.63, 3.8) is 0 Å². The van der Waals surface area contributed by atoms with Gasteiger partial charge >= 0.3 is 0 Å². The number of nitrogens with one attached hydrogen (secondary N) is 1. The number of hydrogen-bond acceptors (Lipinski definition) is 9. The lowest BCUT2D eigenvalue weighted by molar-refractivity contribution is -0.108. The average molecular weight is 603 g/mol. The number of pyridine rings is 1. The molecule has 1 aliphatic heterocycles. The summed E-state index contributed by atoms with van der Waals surface area (Å²) in [4.78, 5) is 24.6. The van der Waals surface area contributed by atoms with Gasteiger partial charge in [-0.25, -0.2) is 0 Å². The third-order valence-corrected chi connectivity index (χ3v) is 6.89. The molecule has 0 radical (unpaired) electrons. The fourth-order valence-electron chi connectivity index (χ4n) is 4.52. The summed E-state index contributed by atoms with van der Waals surface area (Å²) in [5, 5.41) is 4.32. The number of benzene rings is 3. The van der Waals surface area contributed by atoms with E-state index in [9.17, 15) is 4.79 Å². The molecule has 3 N–H and O–H groups in total. The maximum absolute atomic E-state index is 9.17. The van der Waals surface area contributed by atoms with Crippen molar-refractivity contribution in [1.29, 1.82) is 0 Å². The molecule has 44 heavy (non-hydrogen) atoms. The van der Waals surface area contributed by atoms with Crippen molar-refractivity contribution in [3.8, 4) is 28.7 Å². The van der Waals surface area contributed by atoms with Gasteiger partial charge in [0.1, 0.15) is 29.6 Å². The standard InChI is InChI=1S/C30H33N3O4.C3H6O.CH3NO/c1-20-5-6-22(32-21-7-9-23(10-8-21)36-24-12-15-33(2)16-13-24)17-28(20)37-27-11-14-31-26-19-30(35-4)29(34-3)18-25(26)27;1-2-3-4;2-1-3/h5-11,14,17-19,24,32H,12-13,15-16H2,1-4H3;3H,2H2,1H3;1H,(H2,2,3). The van der Waals surface area contributed by atoms with Crippen molar-refractivity contribution in [2.24, 2.45) is 5.73 Å². The zero-order valence-electron chi connectivity index (χ0n) is 26.0. The van der Waals surface area contributed by atoms with E-state index < -0.39 is 0 Å². The Bertz CT molecular complexity index is 1490. The molecule has 1 aromatic heterocycles. The molecule has 4 aromatic rings. The third kappa shape index (κ3) is 9.60. The summed E-state index contributed by atoms with van der Waals surface area (Å²) in [6, 6.07) is 19.8. The van der Waals surface area contributed by atoms with Crippen LogP contribution >= 0.6 is 0 Å². The van der Waals surface area contributed by atoms with Crippen molar-refractivity contribution in [1.82, 2.24) is 9.88 Å². The number of nitrogens with two attached hydrogens (primary N) is 1. The van der Waals surface area contributed by atoms with Crippen molar-refractivity contribution in [2.45, 2.75) is 39.2 Å². The Morgan fingerprint density at radius 1 is 0.909 bits per heavy atom. The maximum Gasteiger partial charge on any atom is 0.204 e. The molecule has 0 aliphatic carbocycles. The van der Waals surface area contributed by atoms with Crippen LogP contribution in [0.25, 0.3) is 10.9 Å². The Morgan fingerprint density at radius 3 is 2.14 bits per heavy atom. The van der Waals surface area contributed by atoms with Crippen LogP contribution in [-0.4, -0.2) is 63.0 Å². The molecule has 1 amide bonds. The molecular weight excluding hydrogens is 560 g/mol. The molecule has 3 aromatic carbocycles. The van der Waals surface area contributed by atoms with Crippen molar-refractivity contribution >= 4 is 35.0 Å². The Labute approximate surface area is 259 Å². The van der Waals surface area contributed by atoms with Gasteiger partial charge in [-0.1, -0.05) is 13.0 Å². The van der Waals surface area contributed by atoms with Crippen molar-refractivity contribution in [2.75, 3.05) is 39.7 Å². The van der Waals surface area contributed by atoms with E-state index in [1.165, 1.54) is 0 Å². The molecule has 0 spiro atoms. The second-order valence-electron chi connectivity index (χ2n) is 10.1. The van der Waals surface area contributed by atoms with E-state index in [0.717, 1.165) is 71.6 Å². The van der Waals surface area contributed by atoms with Crippen LogP contribution in [0.1, 0.15) is 31.7 Å². The van der Waals surface area contributed by atoms with E-state index in [2.05, 4.69) is 28.0 Å².